The van der Waals surface area contributed by atoms with Crippen LogP contribution in [0.5, 0.6) is 0 Å². The molecular weight excluding hydrogens is 1180 g/mol. The first-order chi connectivity index (χ1) is 50.8. The summed E-state index contributed by atoms with van der Waals surface area (Å²) in [5.74, 6) is -0.611. The maximum atomic E-state index is 8.66. The summed E-state index contributed by atoms with van der Waals surface area (Å²) in [6.07, 6.45) is 0. The molecular formula is C87H55N5S2. The minimum Gasteiger partial charge on any atom is -0.309 e. The van der Waals surface area contributed by atoms with Gasteiger partial charge in [-0.05, 0) is 111 Å². The van der Waals surface area contributed by atoms with E-state index < -0.39 is 60.4 Å². The van der Waals surface area contributed by atoms with Crippen molar-refractivity contribution in [2.24, 2.45) is 0 Å². The van der Waals surface area contributed by atoms with Crippen molar-refractivity contribution >= 4 is 107 Å². The molecule has 5 aromatic heterocycles. The molecule has 19 aromatic rings. The van der Waals surface area contributed by atoms with E-state index in [0.717, 1.165) is 53.6 Å². The highest BCUT2D eigenvalue weighted by atomic mass is 32.1. The Hall–Kier alpha value is -11.9. The first kappa shape index (κ1) is 45.4. The van der Waals surface area contributed by atoms with Crippen molar-refractivity contribution in [3.8, 4) is 90.0 Å². The molecule has 0 atom stereocenters. The number of aromatic nitrogens is 5. The summed E-state index contributed by atoms with van der Waals surface area (Å²) in [6.45, 7) is 0. The molecule has 0 unspecified atom stereocenters. The zero-order valence-electron chi connectivity index (χ0n) is 60.0. The molecule has 0 amide bonds. The highest BCUT2D eigenvalue weighted by Gasteiger charge is 2.21. The van der Waals surface area contributed by atoms with E-state index >= 15 is 0 Å². The van der Waals surface area contributed by atoms with Crippen LogP contribution in [0.25, 0.3) is 174 Å². The van der Waals surface area contributed by atoms with Crippen molar-refractivity contribution < 1.29 is 13.7 Å². The predicted molar refractivity (Wildman–Crippen MR) is 399 cm³/mol. The number of thiophene rings is 2. The molecule has 5 nitrogen and oxygen atoms in total. The molecule has 0 spiro atoms. The van der Waals surface area contributed by atoms with Crippen LogP contribution in [-0.4, -0.2) is 24.1 Å². The third-order valence-electron chi connectivity index (χ3n) is 17.7. The standard InChI is InChI=1S/C45H29N3S.C42H26N2S/c1-4-13-30(14-5-1)31-25-27-32(28-26-31)37-21-11-23-39-40-24-12-22-38(42(40)49-41(37)39)35-19-10-20-36(29-35)45-47-43(33-15-6-2-7-16-33)46-44(48-45)34-17-8-3-9-18-34;1-2-11-29(12-3-1)43-36-17-7-4-13-30(36)34-25-27(21-23-38(34)43)28-22-24-39-35(26-28)31-14-5-8-18-37(31)44(39)40-19-10-16-33-32-15-6-9-20-41(32)45-42(33)40/h1-29H;1-26H/i2D,3D,6D,7D,8D,9D,15D,16D,17D,18D;. The second-order valence-electron chi connectivity index (χ2n) is 23.1. The van der Waals surface area contributed by atoms with E-state index in [1.807, 2.05) is 59.9 Å². The molecule has 0 saturated carbocycles. The lowest BCUT2D eigenvalue weighted by atomic mass is 9.98. The quantitative estimate of drug-likeness (QED) is 0.145. The van der Waals surface area contributed by atoms with Gasteiger partial charge in [-0.2, -0.15) is 0 Å². The fourth-order valence-corrected chi connectivity index (χ4v) is 15.9. The first-order valence-corrected chi connectivity index (χ1v) is 32.5. The van der Waals surface area contributed by atoms with Gasteiger partial charge in [-0.15, -0.1) is 22.7 Å². The van der Waals surface area contributed by atoms with E-state index in [9.17, 15) is 0 Å². The van der Waals surface area contributed by atoms with Crippen LogP contribution in [0, 0.1) is 0 Å². The lowest BCUT2D eigenvalue weighted by Gasteiger charge is -2.10. The Labute approximate surface area is 564 Å². The summed E-state index contributed by atoms with van der Waals surface area (Å²) < 4.78 is 93.7. The van der Waals surface area contributed by atoms with E-state index in [-0.39, 0.29) is 28.6 Å². The van der Waals surface area contributed by atoms with Gasteiger partial charge < -0.3 is 9.13 Å². The van der Waals surface area contributed by atoms with E-state index in [2.05, 4.69) is 242 Å². The second-order valence-corrected chi connectivity index (χ2v) is 25.1. The molecule has 0 saturated heterocycles. The number of fused-ring (bicyclic) bond motifs is 12. The molecule has 440 valence electrons. The number of para-hydroxylation sites is 3. The van der Waals surface area contributed by atoms with Crippen molar-refractivity contribution in [1.82, 2.24) is 24.1 Å². The largest absolute Gasteiger partial charge is 0.309 e. The minimum atomic E-state index is -0.599. The van der Waals surface area contributed by atoms with Crippen molar-refractivity contribution in [3.63, 3.8) is 0 Å². The summed E-state index contributed by atoms with van der Waals surface area (Å²) in [5.41, 5.74) is 15.9. The van der Waals surface area contributed by atoms with Crippen molar-refractivity contribution in [2.45, 2.75) is 0 Å². The monoisotopic (exact) mass is 1240 g/mol. The first-order valence-electron chi connectivity index (χ1n) is 35.9. The smallest absolute Gasteiger partial charge is 0.164 e. The third-order valence-corrected chi connectivity index (χ3v) is 20.2. The van der Waals surface area contributed by atoms with Gasteiger partial charge in [0.05, 0.1) is 46.2 Å². The van der Waals surface area contributed by atoms with Crippen LogP contribution in [0.4, 0.5) is 0 Å². The molecule has 0 aliphatic carbocycles. The molecule has 7 heteroatoms. The van der Waals surface area contributed by atoms with E-state index in [1.165, 1.54) is 86.3 Å². The Bertz CT molecular complexity index is 6600. The maximum Gasteiger partial charge on any atom is 0.164 e. The molecule has 0 radical (unpaired) electrons. The van der Waals surface area contributed by atoms with Crippen LogP contribution in [0.2, 0.25) is 0 Å². The minimum absolute atomic E-state index is 0.00947. The topological polar surface area (TPSA) is 48.5 Å². The van der Waals surface area contributed by atoms with Gasteiger partial charge in [0, 0.05) is 79.6 Å². The summed E-state index contributed by atoms with van der Waals surface area (Å²) in [6, 6.07) is 90.5. The molecule has 0 aliphatic rings. The van der Waals surface area contributed by atoms with E-state index in [0.29, 0.717) is 5.56 Å². The fraction of sp³-hybridized carbons (Fsp3) is 0. The number of rotatable bonds is 9. The lowest BCUT2D eigenvalue weighted by Crippen LogP contribution is -2.00. The summed E-state index contributed by atoms with van der Waals surface area (Å²) >= 11 is 3.58. The van der Waals surface area contributed by atoms with Crippen LogP contribution in [0.1, 0.15) is 13.7 Å². The van der Waals surface area contributed by atoms with Gasteiger partial charge in [-0.1, -0.05) is 267 Å². The van der Waals surface area contributed by atoms with Crippen LogP contribution < -0.4 is 0 Å². The van der Waals surface area contributed by atoms with E-state index in [4.69, 9.17) is 13.7 Å². The fourth-order valence-electron chi connectivity index (χ4n) is 13.4. The van der Waals surface area contributed by atoms with Gasteiger partial charge in [-0.25, -0.2) is 15.0 Å². The Morgan fingerprint density at radius 3 is 1.31 bits per heavy atom. The maximum absolute atomic E-state index is 8.66. The van der Waals surface area contributed by atoms with Gasteiger partial charge >= 0.3 is 0 Å². The zero-order valence-corrected chi connectivity index (χ0v) is 51.7. The van der Waals surface area contributed by atoms with Crippen LogP contribution in [0.3, 0.4) is 0 Å². The lowest BCUT2D eigenvalue weighted by molar-refractivity contribution is 1.07. The summed E-state index contributed by atoms with van der Waals surface area (Å²) in [4.78, 5) is 13.6. The molecule has 0 aliphatic heterocycles. The zero-order chi connectivity index (χ0) is 70.8. The highest BCUT2D eigenvalue weighted by molar-refractivity contribution is 7.27. The average Bonchev–Trinajstić information content (AvgIpc) is 1.72. The molecule has 0 fully saturated rings. The molecule has 0 N–H and O–H groups in total. The van der Waals surface area contributed by atoms with Gasteiger partial charge in [0.15, 0.2) is 17.5 Å². The summed E-state index contributed by atoms with van der Waals surface area (Å²) in [7, 11) is 0. The molecule has 94 heavy (non-hydrogen) atoms. The Kier molecular flexibility index (Phi) is 11.2. The van der Waals surface area contributed by atoms with Gasteiger partial charge in [0.25, 0.3) is 0 Å². The summed E-state index contributed by atoms with van der Waals surface area (Å²) in [5, 5.41) is 9.94. The molecule has 19 rings (SSSR count). The van der Waals surface area contributed by atoms with Gasteiger partial charge in [0.1, 0.15) is 0 Å². The number of nitrogens with zero attached hydrogens (tertiary/aromatic N) is 5. The Balaban J connectivity index is 0.000000153. The van der Waals surface area contributed by atoms with Crippen molar-refractivity contribution in [1.29, 1.82) is 0 Å². The Morgan fingerprint density at radius 2 is 0.681 bits per heavy atom. The normalized spacial score (nSPS) is 13.1. The number of hydrogen-bond donors (Lipinski definition) is 0. The molecule has 14 aromatic carbocycles. The predicted octanol–water partition coefficient (Wildman–Crippen LogP) is 24.2. The average molecular weight is 1240 g/mol. The van der Waals surface area contributed by atoms with Crippen LogP contribution >= 0.6 is 22.7 Å². The van der Waals surface area contributed by atoms with Crippen molar-refractivity contribution in [2.75, 3.05) is 0 Å². The molecule has 0 bridgehead atoms. The third kappa shape index (κ3) is 9.56. The van der Waals surface area contributed by atoms with Crippen molar-refractivity contribution in [3.05, 3.63) is 333 Å². The highest BCUT2D eigenvalue weighted by Crippen LogP contribution is 2.46. The molecule has 5 heterocycles. The Morgan fingerprint density at radius 1 is 0.255 bits per heavy atom. The van der Waals surface area contributed by atoms with Gasteiger partial charge in [-0.3, -0.25) is 0 Å². The number of hydrogen-bond acceptors (Lipinski definition) is 5. The van der Waals surface area contributed by atoms with Crippen LogP contribution in [0.15, 0.2) is 333 Å². The SMILES string of the molecule is [2H]c1c([2H])c([2H])c(-c2nc(-c3cccc(-c4cccc5c4sc4c(-c6ccc(-c7ccccc7)cc6)cccc45)c3)nc(-c3c([2H])c([2H])c([2H])c([2H])c3[2H])n2)c([2H])c1[2H].c1ccc(-n2c3ccccc3c3cc(-c4ccc5c(c4)c4ccccc4n5-c4cccc5c4sc4ccccc45)ccc32)cc1. The van der Waals surface area contributed by atoms with E-state index in [1.54, 1.807) is 17.4 Å². The van der Waals surface area contributed by atoms with Gasteiger partial charge in [0.2, 0.25) is 0 Å². The second kappa shape index (κ2) is 23.1. The number of benzene rings is 14. The van der Waals surface area contributed by atoms with Crippen LogP contribution in [-0.2, 0) is 0 Å².